The van der Waals surface area contributed by atoms with Crippen molar-refractivity contribution < 1.29 is 9.90 Å². The number of aryl methyl sites for hydroxylation is 1. The molecule has 0 saturated heterocycles. The van der Waals surface area contributed by atoms with E-state index in [-0.39, 0.29) is 17.0 Å². The van der Waals surface area contributed by atoms with E-state index in [1.165, 1.54) is 16.0 Å². The van der Waals surface area contributed by atoms with Gasteiger partial charge in [0.05, 0.1) is 0 Å². The number of hydrogen-bond acceptors (Lipinski definition) is 4. The number of fused-ring (bicyclic) bond motifs is 1. The van der Waals surface area contributed by atoms with Crippen LogP contribution in [0, 0.1) is 4.91 Å². The average Bonchev–Trinajstić information content (AvgIpc) is 2.93. The highest BCUT2D eigenvalue weighted by Gasteiger charge is 2.19. The minimum absolute atomic E-state index is 0.0313. The van der Waals surface area contributed by atoms with E-state index in [0.29, 0.717) is 5.69 Å². The van der Waals surface area contributed by atoms with Crippen LogP contribution in [0.25, 0.3) is 16.9 Å². The van der Waals surface area contributed by atoms with Crippen LogP contribution in [0.1, 0.15) is 22.8 Å². The van der Waals surface area contributed by atoms with Crippen molar-refractivity contribution >= 4 is 17.4 Å². The fourth-order valence-electron chi connectivity index (χ4n) is 2.40. The lowest BCUT2D eigenvalue weighted by Crippen LogP contribution is -1.99. The number of imidazole rings is 1. The van der Waals surface area contributed by atoms with Crippen molar-refractivity contribution in [1.29, 1.82) is 0 Å². The van der Waals surface area contributed by atoms with Gasteiger partial charge in [0.2, 0.25) is 5.82 Å². The minimum Gasteiger partial charge on any atom is -0.478 e. The first-order valence-corrected chi connectivity index (χ1v) is 6.82. The molecule has 6 nitrogen and oxygen atoms in total. The van der Waals surface area contributed by atoms with Crippen LogP contribution in [-0.2, 0) is 6.42 Å². The second-order valence-electron chi connectivity index (χ2n) is 4.85. The average molecular weight is 295 g/mol. The van der Waals surface area contributed by atoms with Crippen LogP contribution >= 0.6 is 0 Å². The fourth-order valence-corrected chi connectivity index (χ4v) is 2.40. The SMILES string of the molecule is CCc1ccc(-c2nc3c(C(=O)O)cccn3c2N=O)cc1. The van der Waals surface area contributed by atoms with E-state index in [1.807, 2.05) is 24.3 Å². The molecule has 2 aromatic heterocycles. The quantitative estimate of drug-likeness (QED) is 0.744. The number of carboxylic acids is 1. The first kappa shape index (κ1) is 13.9. The van der Waals surface area contributed by atoms with Crippen LogP contribution in [0.5, 0.6) is 0 Å². The molecule has 6 heteroatoms. The maximum absolute atomic E-state index is 11.3. The Hall–Kier alpha value is -3.02. The molecule has 0 fully saturated rings. The van der Waals surface area contributed by atoms with Crippen LogP contribution in [0.3, 0.4) is 0 Å². The van der Waals surface area contributed by atoms with Crippen molar-refractivity contribution in [2.24, 2.45) is 5.18 Å². The van der Waals surface area contributed by atoms with E-state index in [4.69, 9.17) is 0 Å². The zero-order valence-corrected chi connectivity index (χ0v) is 11.9. The summed E-state index contributed by atoms with van der Waals surface area (Å²) >= 11 is 0. The molecular formula is C16H13N3O3. The third kappa shape index (κ3) is 2.14. The summed E-state index contributed by atoms with van der Waals surface area (Å²) in [5.41, 5.74) is 2.51. The highest BCUT2D eigenvalue weighted by Crippen LogP contribution is 2.32. The molecule has 0 unspecified atom stereocenters. The number of rotatable bonds is 4. The van der Waals surface area contributed by atoms with E-state index in [1.54, 1.807) is 12.3 Å². The van der Waals surface area contributed by atoms with Gasteiger partial charge in [0.25, 0.3) is 0 Å². The Morgan fingerprint density at radius 2 is 2.00 bits per heavy atom. The lowest BCUT2D eigenvalue weighted by atomic mass is 10.1. The van der Waals surface area contributed by atoms with Crippen molar-refractivity contribution in [3.8, 4) is 11.3 Å². The monoisotopic (exact) mass is 295 g/mol. The third-order valence-electron chi connectivity index (χ3n) is 3.58. The zero-order chi connectivity index (χ0) is 15.7. The second kappa shape index (κ2) is 5.40. The molecule has 0 atom stereocenters. The molecule has 3 rings (SSSR count). The number of carbonyl (C=O) groups is 1. The molecule has 3 aromatic rings. The minimum atomic E-state index is -1.10. The number of aromatic nitrogens is 2. The topological polar surface area (TPSA) is 84.0 Å². The van der Waals surface area contributed by atoms with Crippen molar-refractivity contribution in [2.75, 3.05) is 0 Å². The van der Waals surface area contributed by atoms with Gasteiger partial charge in [-0.2, -0.15) is 0 Å². The van der Waals surface area contributed by atoms with Crippen LogP contribution in [-0.4, -0.2) is 20.5 Å². The van der Waals surface area contributed by atoms with Crippen LogP contribution < -0.4 is 0 Å². The predicted molar refractivity (Wildman–Crippen MR) is 82.4 cm³/mol. The van der Waals surface area contributed by atoms with Gasteiger partial charge < -0.3 is 5.11 Å². The summed E-state index contributed by atoms with van der Waals surface area (Å²) in [5, 5.41) is 12.3. The van der Waals surface area contributed by atoms with Crippen LogP contribution in [0.4, 0.5) is 5.82 Å². The molecule has 22 heavy (non-hydrogen) atoms. The third-order valence-corrected chi connectivity index (χ3v) is 3.58. The Balaban J connectivity index is 2.26. The molecule has 0 saturated carbocycles. The van der Waals surface area contributed by atoms with Crippen molar-refractivity contribution in [3.63, 3.8) is 0 Å². The molecule has 1 aromatic carbocycles. The predicted octanol–water partition coefficient (Wildman–Crippen LogP) is 3.66. The first-order chi connectivity index (χ1) is 10.7. The van der Waals surface area contributed by atoms with E-state index >= 15 is 0 Å². The highest BCUT2D eigenvalue weighted by molar-refractivity contribution is 5.95. The number of pyridine rings is 1. The summed E-state index contributed by atoms with van der Waals surface area (Å²) in [6.07, 6.45) is 2.49. The summed E-state index contributed by atoms with van der Waals surface area (Å²) in [7, 11) is 0. The Morgan fingerprint density at radius 3 is 2.59 bits per heavy atom. The maximum atomic E-state index is 11.3. The Kier molecular flexibility index (Phi) is 3.42. The van der Waals surface area contributed by atoms with Crippen molar-refractivity contribution in [2.45, 2.75) is 13.3 Å². The number of benzene rings is 1. The van der Waals surface area contributed by atoms with Crippen LogP contribution in [0.2, 0.25) is 0 Å². The van der Waals surface area contributed by atoms with Gasteiger partial charge in [0.15, 0.2) is 5.65 Å². The van der Waals surface area contributed by atoms with Crippen LogP contribution in [0.15, 0.2) is 47.8 Å². The summed E-state index contributed by atoms with van der Waals surface area (Å²) in [6, 6.07) is 10.6. The molecule has 0 spiro atoms. The maximum Gasteiger partial charge on any atom is 0.339 e. The van der Waals surface area contributed by atoms with Gasteiger partial charge in [0.1, 0.15) is 11.3 Å². The van der Waals surface area contributed by atoms with Gasteiger partial charge >= 0.3 is 5.97 Å². The molecule has 0 bridgehead atoms. The molecule has 0 aliphatic rings. The van der Waals surface area contributed by atoms with Gasteiger partial charge in [-0.1, -0.05) is 31.2 Å². The zero-order valence-electron chi connectivity index (χ0n) is 11.9. The lowest BCUT2D eigenvalue weighted by Gasteiger charge is -2.00. The molecule has 0 radical (unpaired) electrons. The van der Waals surface area contributed by atoms with Gasteiger partial charge in [-0.3, -0.25) is 4.40 Å². The van der Waals surface area contributed by atoms with E-state index in [2.05, 4.69) is 17.1 Å². The summed E-state index contributed by atoms with van der Waals surface area (Å²) in [4.78, 5) is 26.8. The first-order valence-electron chi connectivity index (χ1n) is 6.82. The molecular weight excluding hydrogens is 282 g/mol. The number of aromatic carboxylic acids is 1. The van der Waals surface area contributed by atoms with Gasteiger partial charge in [-0.05, 0) is 29.3 Å². The van der Waals surface area contributed by atoms with E-state index in [0.717, 1.165) is 12.0 Å². The Morgan fingerprint density at radius 1 is 1.27 bits per heavy atom. The summed E-state index contributed by atoms with van der Waals surface area (Å²) in [6.45, 7) is 2.05. The Bertz CT molecular complexity index is 866. The molecule has 0 aliphatic heterocycles. The largest absolute Gasteiger partial charge is 0.478 e. The molecule has 0 aliphatic carbocycles. The van der Waals surface area contributed by atoms with Crippen molar-refractivity contribution in [3.05, 3.63) is 58.6 Å². The number of carboxylic acid groups (broad SMARTS) is 1. The van der Waals surface area contributed by atoms with Crippen molar-refractivity contribution in [1.82, 2.24) is 9.38 Å². The fraction of sp³-hybridized carbons (Fsp3) is 0.125. The van der Waals surface area contributed by atoms with Gasteiger partial charge in [0, 0.05) is 11.8 Å². The lowest BCUT2D eigenvalue weighted by molar-refractivity contribution is 0.0698. The van der Waals surface area contributed by atoms with E-state index in [9.17, 15) is 14.8 Å². The second-order valence-corrected chi connectivity index (χ2v) is 4.85. The summed E-state index contributed by atoms with van der Waals surface area (Å²) in [5.74, 6) is -0.997. The van der Waals surface area contributed by atoms with Gasteiger partial charge in [-0.15, -0.1) is 4.91 Å². The number of nitrogens with zero attached hydrogens (tertiary/aromatic N) is 3. The standard InChI is InChI=1S/C16H13N3O3/c1-2-10-5-7-11(8-6-10)13-15(18-22)19-9-3-4-12(16(20)21)14(19)17-13/h3-9H,2H2,1H3,(H,20,21). The molecule has 1 N–H and O–H groups in total. The smallest absolute Gasteiger partial charge is 0.339 e. The normalized spacial score (nSPS) is 10.8. The summed E-state index contributed by atoms with van der Waals surface area (Å²) < 4.78 is 1.40. The molecule has 110 valence electrons. The molecule has 2 heterocycles. The number of nitroso groups, excluding NO2 is 1. The Labute approximate surface area is 126 Å². The highest BCUT2D eigenvalue weighted by atomic mass is 16.4. The molecule has 0 amide bonds. The van der Waals surface area contributed by atoms with E-state index < -0.39 is 5.97 Å². The van der Waals surface area contributed by atoms with Gasteiger partial charge in [-0.25, -0.2) is 9.78 Å². The number of hydrogen-bond donors (Lipinski definition) is 1.